The fourth-order valence-electron chi connectivity index (χ4n) is 4.26. The van der Waals surface area contributed by atoms with Crippen molar-refractivity contribution in [3.8, 4) is 11.1 Å². The minimum atomic E-state index is -0.888. The second-order valence-corrected chi connectivity index (χ2v) is 9.16. The Morgan fingerprint density at radius 3 is 2.22 bits per heavy atom. The van der Waals surface area contributed by atoms with Gasteiger partial charge in [0, 0.05) is 42.2 Å². The number of aromatic nitrogens is 1. The number of carboxylic acid groups (broad SMARTS) is 1. The number of hydrogen-bond donors (Lipinski definition) is 2. The molecule has 4 rings (SSSR count). The fourth-order valence-corrected chi connectivity index (χ4v) is 4.42. The number of aryl methyl sites for hydroxylation is 1. The zero-order valence-electron chi connectivity index (χ0n) is 19.9. The Morgan fingerprint density at radius 2 is 1.65 bits per heavy atom. The van der Waals surface area contributed by atoms with Crippen LogP contribution in [0.1, 0.15) is 34.6 Å². The van der Waals surface area contributed by atoms with Crippen molar-refractivity contribution in [3.63, 3.8) is 0 Å². The maximum absolute atomic E-state index is 15.1. The second kappa shape index (κ2) is 11.2. The van der Waals surface area contributed by atoms with Crippen molar-refractivity contribution in [1.29, 1.82) is 0 Å². The van der Waals surface area contributed by atoms with Crippen molar-refractivity contribution >= 4 is 23.3 Å². The van der Waals surface area contributed by atoms with Crippen molar-refractivity contribution < 1.29 is 19.5 Å². The Hall–Kier alpha value is -4.23. The van der Waals surface area contributed by atoms with Crippen LogP contribution in [0.3, 0.4) is 0 Å². The molecule has 0 radical (unpaired) electrons. The summed E-state index contributed by atoms with van der Waals surface area (Å²) in [6.07, 6.45) is 1.69. The molecular formula is C29H24ClFN2O4. The summed E-state index contributed by atoms with van der Waals surface area (Å²) >= 11 is 5.99. The van der Waals surface area contributed by atoms with Gasteiger partial charge in [-0.05, 0) is 46.0 Å². The van der Waals surface area contributed by atoms with E-state index in [1.54, 1.807) is 43.6 Å². The number of carbonyl (C=O) groups is 1. The molecule has 8 heteroatoms. The number of aliphatic carboxylic acids is 1. The zero-order chi connectivity index (χ0) is 26.5. The highest BCUT2D eigenvalue weighted by molar-refractivity contribution is 6.30. The van der Waals surface area contributed by atoms with Gasteiger partial charge in [-0.15, -0.1) is 0 Å². The summed E-state index contributed by atoms with van der Waals surface area (Å²) in [6, 6.07) is 22.3. The van der Waals surface area contributed by atoms with Crippen LogP contribution in [0.2, 0.25) is 5.02 Å². The molecule has 0 unspecified atom stereocenters. The van der Waals surface area contributed by atoms with E-state index in [0.717, 1.165) is 16.7 Å². The molecule has 0 aliphatic carbocycles. The summed E-state index contributed by atoms with van der Waals surface area (Å²) < 4.78 is 16.4. The highest BCUT2D eigenvalue weighted by Crippen LogP contribution is 2.34. The van der Waals surface area contributed by atoms with Crippen LogP contribution in [0.15, 0.2) is 95.0 Å². The second-order valence-electron chi connectivity index (χ2n) is 8.73. The van der Waals surface area contributed by atoms with Crippen molar-refractivity contribution in [1.82, 2.24) is 4.57 Å². The summed E-state index contributed by atoms with van der Waals surface area (Å²) in [4.78, 5) is 22.7. The Labute approximate surface area is 217 Å². The van der Waals surface area contributed by atoms with Crippen LogP contribution in [0, 0.1) is 5.82 Å². The molecule has 0 aliphatic rings. The largest absolute Gasteiger partial charge is 0.481 e. The molecule has 1 aromatic heterocycles. The summed E-state index contributed by atoms with van der Waals surface area (Å²) in [6.45, 7) is 0. The predicted octanol–water partition coefficient (Wildman–Crippen LogP) is 5.87. The van der Waals surface area contributed by atoms with Crippen LogP contribution in [0.5, 0.6) is 0 Å². The lowest BCUT2D eigenvalue weighted by Crippen LogP contribution is -2.18. The number of pyridine rings is 1. The average molecular weight is 519 g/mol. The Bertz CT molecular complexity index is 1510. The quantitative estimate of drug-likeness (QED) is 0.173. The van der Waals surface area contributed by atoms with Crippen LogP contribution >= 0.6 is 11.6 Å². The molecule has 37 heavy (non-hydrogen) atoms. The van der Waals surface area contributed by atoms with Crippen LogP contribution in [-0.4, -0.2) is 26.6 Å². The van der Waals surface area contributed by atoms with Gasteiger partial charge in [-0.1, -0.05) is 71.4 Å². The number of benzene rings is 3. The molecule has 188 valence electrons. The molecule has 4 aromatic rings. The summed E-state index contributed by atoms with van der Waals surface area (Å²) in [7, 11) is 1.60. The van der Waals surface area contributed by atoms with E-state index in [1.807, 2.05) is 36.4 Å². The number of oxime groups is 1. The number of halogens is 2. The van der Waals surface area contributed by atoms with Gasteiger partial charge in [0.2, 0.25) is 5.56 Å². The molecule has 0 saturated heterocycles. The van der Waals surface area contributed by atoms with Crippen molar-refractivity contribution in [3.05, 3.63) is 129 Å². The minimum absolute atomic E-state index is 0.0438. The van der Waals surface area contributed by atoms with Crippen LogP contribution in [0.4, 0.5) is 4.39 Å². The van der Waals surface area contributed by atoms with Gasteiger partial charge in [0.1, 0.15) is 5.82 Å². The van der Waals surface area contributed by atoms with Crippen molar-refractivity contribution in [2.45, 2.75) is 18.8 Å². The number of carboxylic acids is 1. The van der Waals surface area contributed by atoms with Gasteiger partial charge in [0.05, 0.1) is 12.1 Å². The first-order valence-electron chi connectivity index (χ1n) is 11.5. The van der Waals surface area contributed by atoms with Crippen molar-refractivity contribution in [2.24, 2.45) is 12.2 Å². The fraction of sp³-hybridized carbons (Fsp3) is 0.138. The molecule has 0 spiro atoms. The first-order valence-corrected chi connectivity index (χ1v) is 11.9. The van der Waals surface area contributed by atoms with Gasteiger partial charge in [0.25, 0.3) is 0 Å². The lowest BCUT2D eigenvalue weighted by atomic mass is 9.84. The Morgan fingerprint density at radius 1 is 1.00 bits per heavy atom. The normalized spacial score (nSPS) is 12.4. The molecule has 1 atom stereocenters. The molecule has 0 fully saturated rings. The molecule has 3 aromatic carbocycles. The molecule has 0 saturated carbocycles. The van der Waals surface area contributed by atoms with Gasteiger partial charge >= 0.3 is 5.97 Å². The third-order valence-corrected chi connectivity index (χ3v) is 6.47. The highest BCUT2D eigenvalue weighted by Gasteiger charge is 2.22. The zero-order valence-corrected chi connectivity index (χ0v) is 20.7. The number of rotatable bonds is 8. The van der Waals surface area contributed by atoms with E-state index in [2.05, 4.69) is 5.16 Å². The molecule has 6 nitrogen and oxygen atoms in total. The van der Waals surface area contributed by atoms with E-state index in [-0.39, 0.29) is 23.4 Å². The molecular weight excluding hydrogens is 495 g/mol. The molecule has 0 bridgehead atoms. The summed E-state index contributed by atoms with van der Waals surface area (Å²) in [5, 5.41) is 22.5. The summed E-state index contributed by atoms with van der Waals surface area (Å²) in [5.74, 6) is -1.87. The molecule has 0 aliphatic heterocycles. The Kier molecular flexibility index (Phi) is 7.84. The van der Waals surface area contributed by atoms with Crippen LogP contribution < -0.4 is 5.56 Å². The maximum atomic E-state index is 15.1. The van der Waals surface area contributed by atoms with E-state index < -0.39 is 17.7 Å². The third-order valence-electron chi connectivity index (χ3n) is 6.23. The van der Waals surface area contributed by atoms with E-state index in [4.69, 9.17) is 16.7 Å². The summed E-state index contributed by atoms with van der Waals surface area (Å²) in [5.41, 5.74) is 4.36. The molecule has 0 amide bonds. The van der Waals surface area contributed by atoms with E-state index in [9.17, 15) is 14.8 Å². The molecule has 2 N–H and O–H groups in total. The van der Waals surface area contributed by atoms with Crippen LogP contribution in [-0.2, 0) is 18.3 Å². The standard InChI is InChI=1S/C29H24ClFN2O4/c1-33-17-22(10-13-28(33)34)27(32-37)16-25(24-12-11-23(30)15-26(24)31)21-8-6-20(7-9-21)19-4-2-18(3-5-19)14-29(35)36/h2-13,15,17,25,37H,14,16H2,1H3,(H,35,36)/b32-27+/t25-/m1/s1. The monoisotopic (exact) mass is 518 g/mol. The first-order chi connectivity index (χ1) is 17.7. The minimum Gasteiger partial charge on any atom is -0.481 e. The van der Waals surface area contributed by atoms with Crippen molar-refractivity contribution in [2.75, 3.05) is 0 Å². The van der Waals surface area contributed by atoms with Gasteiger partial charge in [-0.2, -0.15) is 0 Å². The number of hydrogen-bond acceptors (Lipinski definition) is 4. The predicted molar refractivity (Wildman–Crippen MR) is 141 cm³/mol. The van der Waals surface area contributed by atoms with Gasteiger partial charge in [-0.3, -0.25) is 9.59 Å². The highest BCUT2D eigenvalue weighted by atomic mass is 35.5. The van der Waals surface area contributed by atoms with Gasteiger partial charge < -0.3 is 14.9 Å². The van der Waals surface area contributed by atoms with Crippen LogP contribution in [0.25, 0.3) is 11.1 Å². The van der Waals surface area contributed by atoms with Gasteiger partial charge in [-0.25, -0.2) is 4.39 Å². The molecule has 1 heterocycles. The lowest BCUT2D eigenvalue weighted by molar-refractivity contribution is -0.136. The van der Waals surface area contributed by atoms with E-state index >= 15 is 4.39 Å². The Balaban J connectivity index is 1.69. The smallest absolute Gasteiger partial charge is 0.307 e. The number of nitrogens with zero attached hydrogens (tertiary/aromatic N) is 2. The lowest BCUT2D eigenvalue weighted by Gasteiger charge is -2.20. The third kappa shape index (κ3) is 6.13. The SMILES string of the molecule is Cn1cc(/C(C[C@H](c2ccc(-c3ccc(CC(=O)O)cc3)cc2)c2ccc(Cl)cc2F)=N/O)ccc1=O. The first kappa shape index (κ1) is 25.9. The average Bonchev–Trinajstić information content (AvgIpc) is 2.87. The topological polar surface area (TPSA) is 91.9 Å². The van der Waals surface area contributed by atoms with E-state index in [1.165, 1.54) is 16.7 Å². The van der Waals surface area contributed by atoms with Gasteiger partial charge in [0.15, 0.2) is 0 Å². The van der Waals surface area contributed by atoms with E-state index in [0.29, 0.717) is 22.4 Å². The maximum Gasteiger partial charge on any atom is 0.307 e.